The first-order chi connectivity index (χ1) is 4.70. The summed E-state index contributed by atoms with van der Waals surface area (Å²) in [4.78, 5) is 0. The fourth-order valence-corrected chi connectivity index (χ4v) is 2.73. The largest absolute Gasteiger partial charge is 0.393 e. The molecule has 1 fully saturated rings. The molecule has 0 atom stereocenters. The number of hydrogen-bond donors (Lipinski definition) is 1. The van der Waals surface area contributed by atoms with E-state index in [1.54, 1.807) is 0 Å². The van der Waals surface area contributed by atoms with Gasteiger partial charge < -0.3 is 5.11 Å². The van der Waals surface area contributed by atoms with Gasteiger partial charge in [0.1, 0.15) is 5.25 Å². The lowest BCUT2D eigenvalue weighted by Gasteiger charge is -2.22. The highest BCUT2D eigenvalue weighted by Gasteiger charge is 2.27. The predicted octanol–water partition coefficient (Wildman–Crippen LogP) is 1.17. The second-order valence-corrected chi connectivity index (χ2v) is 5.74. The van der Waals surface area contributed by atoms with Gasteiger partial charge in [0, 0.05) is 0 Å². The monoisotopic (exact) mass is 161 g/mol. The average molecular weight is 161 g/mol. The third-order valence-corrected chi connectivity index (χ3v) is 4.12. The Morgan fingerprint density at radius 2 is 1.60 bits per heavy atom. The first-order valence-electron chi connectivity index (χ1n) is 3.94. The molecule has 0 aromatic heterocycles. The lowest BCUT2D eigenvalue weighted by molar-refractivity contribution is 0.132. The van der Waals surface area contributed by atoms with E-state index < -0.39 is 0 Å². The third-order valence-electron chi connectivity index (χ3n) is 2.31. The molecular formula is C8H17OS+. The summed E-state index contributed by atoms with van der Waals surface area (Å²) in [6.07, 6.45) is 9.20. The van der Waals surface area contributed by atoms with Crippen molar-refractivity contribution in [3.05, 3.63) is 0 Å². The SMILES string of the molecule is C[S+](C)C1CCC(O)CC1. The molecule has 0 spiro atoms. The van der Waals surface area contributed by atoms with E-state index in [0.717, 1.165) is 18.1 Å². The quantitative estimate of drug-likeness (QED) is 0.572. The lowest BCUT2D eigenvalue weighted by Crippen LogP contribution is -2.27. The summed E-state index contributed by atoms with van der Waals surface area (Å²) in [5, 5.41) is 10.1. The molecule has 1 rings (SSSR count). The van der Waals surface area contributed by atoms with Gasteiger partial charge in [-0.3, -0.25) is 0 Å². The maximum atomic E-state index is 9.21. The molecule has 0 unspecified atom stereocenters. The molecule has 1 nitrogen and oxygen atoms in total. The van der Waals surface area contributed by atoms with Crippen LogP contribution in [-0.2, 0) is 10.9 Å². The van der Waals surface area contributed by atoms with Gasteiger partial charge in [-0.25, -0.2) is 0 Å². The van der Waals surface area contributed by atoms with E-state index >= 15 is 0 Å². The van der Waals surface area contributed by atoms with Gasteiger partial charge in [-0.05, 0) is 36.6 Å². The van der Waals surface area contributed by atoms with Crippen LogP contribution in [0.5, 0.6) is 0 Å². The van der Waals surface area contributed by atoms with Crippen molar-refractivity contribution >= 4 is 10.9 Å². The van der Waals surface area contributed by atoms with Gasteiger partial charge in [-0.15, -0.1) is 0 Å². The van der Waals surface area contributed by atoms with Crippen LogP contribution in [0.2, 0.25) is 0 Å². The summed E-state index contributed by atoms with van der Waals surface area (Å²) in [6, 6.07) is 0. The normalized spacial score (nSPS) is 34.8. The molecule has 2 heteroatoms. The average Bonchev–Trinajstić information content (AvgIpc) is 1.88. The molecule has 0 aromatic carbocycles. The zero-order valence-electron chi connectivity index (χ0n) is 6.84. The minimum atomic E-state index is 0.0137. The highest BCUT2D eigenvalue weighted by atomic mass is 32.2. The molecule has 10 heavy (non-hydrogen) atoms. The van der Waals surface area contributed by atoms with Crippen molar-refractivity contribution in [1.82, 2.24) is 0 Å². The molecular weight excluding hydrogens is 144 g/mol. The minimum absolute atomic E-state index is 0.0137. The van der Waals surface area contributed by atoms with Crippen LogP contribution in [0.1, 0.15) is 25.7 Å². The van der Waals surface area contributed by atoms with Crippen molar-refractivity contribution in [2.75, 3.05) is 12.5 Å². The van der Waals surface area contributed by atoms with Gasteiger partial charge in [0.05, 0.1) is 18.6 Å². The number of aliphatic hydroxyl groups excluding tert-OH is 1. The van der Waals surface area contributed by atoms with Crippen LogP contribution in [0.3, 0.4) is 0 Å². The molecule has 1 aliphatic rings. The molecule has 0 amide bonds. The van der Waals surface area contributed by atoms with Crippen molar-refractivity contribution in [3.63, 3.8) is 0 Å². The molecule has 1 aliphatic carbocycles. The Morgan fingerprint density at radius 3 is 2.00 bits per heavy atom. The van der Waals surface area contributed by atoms with E-state index in [9.17, 15) is 5.11 Å². The second kappa shape index (κ2) is 3.63. The second-order valence-electron chi connectivity index (χ2n) is 3.31. The van der Waals surface area contributed by atoms with E-state index in [-0.39, 0.29) is 6.10 Å². The Balaban J connectivity index is 2.26. The lowest BCUT2D eigenvalue weighted by atomic mass is 9.97. The number of hydrogen-bond acceptors (Lipinski definition) is 1. The van der Waals surface area contributed by atoms with Gasteiger partial charge in [-0.2, -0.15) is 0 Å². The van der Waals surface area contributed by atoms with Crippen molar-refractivity contribution in [2.45, 2.75) is 37.0 Å². The van der Waals surface area contributed by atoms with Crippen LogP contribution in [0.25, 0.3) is 0 Å². The first kappa shape index (κ1) is 8.41. The van der Waals surface area contributed by atoms with Gasteiger partial charge in [0.25, 0.3) is 0 Å². The molecule has 0 aliphatic heterocycles. The Hall–Kier alpha value is 0.310. The van der Waals surface area contributed by atoms with Gasteiger partial charge in [0.2, 0.25) is 0 Å². The Bertz CT molecular complexity index is 95.4. The Morgan fingerprint density at radius 1 is 1.10 bits per heavy atom. The van der Waals surface area contributed by atoms with Crippen LogP contribution in [0.4, 0.5) is 0 Å². The summed E-state index contributed by atoms with van der Waals surface area (Å²) >= 11 is 0. The molecule has 60 valence electrons. The van der Waals surface area contributed by atoms with Crippen LogP contribution in [-0.4, -0.2) is 29.0 Å². The molecule has 0 radical (unpaired) electrons. The highest BCUT2D eigenvalue weighted by Crippen LogP contribution is 2.23. The number of rotatable bonds is 1. The van der Waals surface area contributed by atoms with Gasteiger partial charge >= 0.3 is 0 Å². The first-order valence-corrected chi connectivity index (χ1v) is 6.05. The van der Waals surface area contributed by atoms with Crippen LogP contribution < -0.4 is 0 Å². The molecule has 1 N–H and O–H groups in total. The molecule has 0 aromatic rings. The topological polar surface area (TPSA) is 20.2 Å². The zero-order chi connectivity index (χ0) is 7.56. The Kier molecular flexibility index (Phi) is 3.05. The smallest absolute Gasteiger partial charge is 0.117 e. The summed E-state index contributed by atoms with van der Waals surface area (Å²) < 4.78 is 0. The Labute approximate surface area is 66.2 Å². The van der Waals surface area contributed by atoms with E-state index in [2.05, 4.69) is 12.5 Å². The summed E-state index contributed by atoms with van der Waals surface area (Å²) in [6.45, 7) is 0. The van der Waals surface area contributed by atoms with E-state index in [1.165, 1.54) is 12.8 Å². The molecule has 0 heterocycles. The fraction of sp³-hybridized carbons (Fsp3) is 1.00. The number of aliphatic hydroxyl groups is 1. The van der Waals surface area contributed by atoms with Crippen molar-refractivity contribution in [1.29, 1.82) is 0 Å². The summed E-state index contributed by atoms with van der Waals surface area (Å²) in [5.74, 6) is 0. The van der Waals surface area contributed by atoms with Crippen LogP contribution in [0, 0.1) is 0 Å². The maximum absolute atomic E-state index is 9.21. The van der Waals surface area contributed by atoms with Crippen molar-refractivity contribution in [3.8, 4) is 0 Å². The fourth-order valence-electron chi connectivity index (χ4n) is 1.52. The summed E-state index contributed by atoms with van der Waals surface area (Å²) in [5.41, 5.74) is 0. The third kappa shape index (κ3) is 2.17. The standard InChI is InChI=1S/C8H17OS/c1-10(2)8-5-3-7(9)4-6-8/h7-9H,3-6H2,1-2H3/q+1. The highest BCUT2D eigenvalue weighted by molar-refractivity contribution is 7.96. The van der Waals surface area contributed by atoms with Crippen LogP contribution in [0.15, 0.2) is 0 Å². The molecule has 0 saturated heterocycles. The minimum Gasteiger partial charge on any atom is -0.393 e. The van der Waals surface area contributed by atoms with E-state index in [0.29, 0.717) is 10.9 Å². The van der Waals surface area contributed by atoms with Crippen molar-refractivity contribution in [2.24, 2.45) is 0 Å². The summed E-state index contributed by atoms with van der Waals surface area (Å²) in [7, 11) is 0.572. The maximum Gasteiger partial charge on any atom is 0.117 e. The molecule has 1 saturated carbocycles. The molecule has 0 bridgehead atoms. The zero-order valence-corrected chi connectivity index (χ0v) is 7.66. The van der Waals surface area contributed by atoms with Crippen LogP contribution >= 0.6 is 0 Å². The van der Waals surface area contributed by atoms with Gasteiger partial charge in [-0.1, -0.05) is 0 Å². The predicted molar refractivity (Wildman–Crippen MR) is 47.5 cm³/mol. The van der Waals surface area contributed by atoms with Crippen molar-refractivity contribution < 1.29 is 5.11 Å². The van der Waals surface area contributed by atoms with E-state index in [1.807, 2.05) is 0 Å². The van der Waals surface area contributed by atoms with E-state index in [4.69, 9.17) is 0 Å². The van der Waals surface area contributed by atoms with Gasteiger partial charge in [0.15, 0.2) is 0 Å².